The monoisotopic (exact) mass is 373 g/mol. The molecule has 0 radical (unpaired) electrons. The Morgan fingerprint density at radius 2 is 2.00 bits per heavy atom. The maximum atomic E-state index is 12.2. The summed E-state index contributed by atoms with van der Waals surface area (Å²) in [5.74, 6) is -2.09. The minimum absolute atomic E-state index is 0.151. The number of aromatic nitrogens is 1. The van der Waals surface area contributed by atoms with E-state index in [2.05, 4.69) is 15.6 Å². The SMILES string of the molecule is COC(=O)c1c(NC(=O)C(=O)NCc2ccccn2)sc2c1CCCC2. The molecule has 1 aliphatic rings. The van der Waals surface area contributed by atoms with Crippen LogP contribution in [0.3, 0.4) is 0 Å². The van der Waals surface area contributed by atoms with Crippen molar-refractivity contribution in [1.82, 2.24) is 10.3 Å². The Morgan fingerprint density at radius 1 is 1.19 bits per heavy atom. The molecule has 2 heterocycles. The number of anilines is 1. The van der Waals surface area contributed by atoms with E-state index in [0.29, 0.717) is 16.3 Å². The van der Waals surface area contributed by atoms with Crippen LogP contribution in [0.25, 0.3) is 0 Å². The first-order chi connectivity index (χ1) is 12.6. The van der Waals surface area contributed by atoms with Gasteiger partial charge in [0.1, 0.15) is 5.00 Å². The summed E-state index contributed by atoms with van der Waals surface area (Å²) < 4.78 is 4.86. The summed E-state index contributed by atoms with van der Waals surface area (Å²) in [4.78, 5) is 41.6. The van der Waals surface area contributed by atoms with Crippen molar-refractivity contribution in [1.29, 1.82) is 0 Å². The van der Waals surface area contributed by atoms with Gasteiger partial charge in [-0.25, -0.2) is 4.79 Å². The first-order valence-electron chi connectivity index (χ1n) is 8.32. The van der Waals surface area contributed by atoms with E-state index in [-0.39, 0.29) is 6.54 Å². The number of amides is 2. The highest BCUT2D eigenvalue weighted by Crippen LogP contribution is 2.38. The van der Waals surface area contributed by atoms with Gasteiger partial charge < -0.3 is 15.4 Å². The van der Waals surface area contributed by atoms with E-state index in [0.717, 1.165) is 36.1 Å². The van der Waals surface area contributed by atoms with Crippen molar-refractivity contribution in [3.8, 4) is 0 Å². The zero-order valence-corrected chi connectivity index (χ0v) is 15.1. The molecular formula is C18H19N3O4S. The Bertz CT molecular complexity index is 832. The van der Waals surface area contributed by atoms with Crippen LogP contribution in [0.4, 0.5) is 5.00 Å². The summed E-state index contributed by atoms with van der Waals surface area (Å²) >= 11 is 1.34. The Balaban J connectivity index is 1.71. The molecule has 2 N–H and O–H groups in total. The fraction of sp³-hybridized carbons (Fsp3) is 0.333. The molecule has 1 aliphatic carbocycles. The van der Waals surface area contributed by atoms with Crippen molar-refractivity contribution < 1.29 is 19.1 Å². The minimum Gasteiger partial charge on any atom is -0.465 e. The number of aryl methyl sites for hydroxylation is 1. The van der Waals surface area contributed by atoms with E-state index >= 15 is 0 Å². The first kappa shape index (κ1) is 18.1. The van der Waals surface area contributed by atoms with Crippen molar-refractivity contribution in [2.24, 2.45) is 0 Å². The highest BCUT2D eigenvalue weighted by molar-refractivity contribution is 7.17. The maximum absolute atomic E-state index is 12.2. The van der Waals surface area contributed by atoms with Crippen LogP contribution >= 0.6 is 11.3 Å². The van der Waals surface area contributed by atoms with E-state index < -0.39 is 17.8 Å². The van der Waals surface area contributed by atoms with E-state index in [4.69, 9.17) is 4.74 Å². The van der Waals surface area contributed by atoms with Crippen LogP contribution in [0.1, 0.15) is 39.3 Å². The van der Waals surface area contributed by atoms with Crippen molar-refractivity contribution in [2.45, 2.75) is 32.2 Å². The number of nitrogens with zero attached hydrogens (tertiary/aromatic N) is 1. The van der Waals surface area contributed by atoms with Gasteiger partial charge in [-0.3, -0.25) is 14.6 Å². The van der Waals surface area contributed by atoms with E-state index in [1.54, 1.807) is 24.4 Å². The molecule has 2 aromatic heterocycles. The van der Waals surface area contributed by atoms with Gasteiger partial charge in [0.25, 0.3) is 0 Å². The second kappa shape index (κ2) is 8.09. The molecule has 0 unspecified atom stereocenters. The molecule has 0 saturated heterocycles. The molecule has 0 atom stereocenters. The number of nitrogens with one attached hydrogen (secondary N) is 2. The van der Waals surface area contributed by atoms with Crippen LogP contribution in [0.2, 0.25) is 0 Å². The highest BCUT2D eigenvalue weighted by atomic mass is 32.1. The Kier molecular flexibility index (Phi) is 5.62. The summed E-state index contributed by atoms with van der Waals surface area (Å²) in [7, 11) is 1.31. The molecule has 0 fully saturated rings. The van der Waals surface area contributed by atoms with E-state index in [1.807, 2.05) is 0 Å². The molecule has 3 rings (SSSR count). The van der Waals surface area contributed by atoms with Crippen molar-refractivity contribution >= 4 is 34.1 Å². The van der Waals surface area contributed by atoms with Crippen LogP contribution in [0.15, 0.2) is 24.4 Å². The van der Waals surface area contributed by atoms with Gasteiger partial charge in [-0.15, -0.1) is 11.3 Å². The molecule has 7 nitrogen and oxygen atoms in total. The highest BCUT2D eigenvalue weighted by Gasteiger charge is 2.28. The van der Waals surface area contributed by atoms with Gasteiger partial charge in [0.2, 0.25) is 0 Å². The third kappa shape index (κ3) is 3.91. The van der Waals surface area contributed by atoms with Gasteiger partial charge in [0.05, 0.1) is 24.9 Å². The van der Waals surface area contributed by atoms with Crippen molar-refractivity contribution in [2.75, 3.05) is 12.4 Å². The minimum atomic E-state index is -0.815. The van der Waals surface area contributed by atoms with Gasteiger partial charge in [-0.2, -0.15) is 0 Å². The summed E-state index contributed by atoms with van der Waals surface area (Å²) in [6.07, 6.45) is 5.29. The number of ether oxygens (including phenoxy) is 1. The third-order valence-electron chi connectivity index (χ3n) is 4.15. The number of thiophene rings is 1. The van der Waals surface area contributed by atoms with Crippen LogP contribution in [-0.2, 0) is 33.7 Å². The second-order valence-corrected chi connectivity index (χ2v) is 6.97. The number of methoxy groups -OCH3 is 1. The van der Waals surface area contributed by atoms with Crippen LogP contribution in [0.5, 0.6) is 0 Å². The molecule has 0 saturated carbocycles. The molecule has 2 amide bonds. The van der Waals surface area contributed by atoms with Gasteiger partial charge in [0.15, 0.2) is 0 Å². The summed E-state index contributed by atoms with van der Waals surface area (Å²) in [5, 5.41) is 5.46. The lowest BCUT2D eigenvalue weighted by Crippen LogP contribution is -2.35. The number of carbonyl (C=O) groups excluding carboxylic acids is 3. The average Bonchev–Trinajstić information content (AvgIpc) is 3.04. The molecule has 8 heteroatoms. The number of hydrogen-bond donors (Lipinski definition) is 2. The standard InChI is InChI=1S/C18H19N3O4S/c1-25-18(24)14-12-7-2-3-8-13(12)26-17(14)21-16(23)15(22)20-10-11-6-4-5-9-19-11/h4-6,9H,2-3,7-8,10H2,1H3,(H,20,22)(H,21,23). The molecular weight excluding hydrogens is 354 g/mol. The lowest BCUT2D eigenvalue weighted by molar-refractivity contribution is -0.136. The van der Waals surface area contributed by atoms with Crippen LogP contribution in [-0.4, -0.2) is 29.9 Å². The number of hydrogen-bond acceptors (Lipinski definition) is 6. The smallest absolute Gasteiger partial charge is 0.341 e. The largest absolute Gasteiger partial charge is 0.465 e. The number of rotatable bonds is 4. The van der Waals surface area contributed by atoms with Gasteiger partial charge >= 0.3 is 17.8 Å². The summed E-state index contributed by atoms with van der Waals surface area (Å²) in [6.45, 7) is 0.151. The van der Waals surface area contributed by atoms with Gasteiger partial charge in [-0.1, -0.05) is 6.07 Å². The van der Waals surface area contributed by atoms with Crippen molar-refractivity contribution in [3.63, 3.8) is 0 Å². The Morgan fingerprint density at radius 3 is 2.73 bits per heavy atom. The van der Waals surface area contributed by atoms with Gasteiger partial charge in [-0.05, 0) is 43.4 Å². The predicted molar refractivity (Wildman–Crippen MR) is 97.0 cm³/mol. The number of carbonyl (C=O) groups is 3. The number of fused-ring (bicyclic) bond motifs is 1. The van der Waals surface area contributed by atoms with E-state index in [9.17, 15) is 14.4 Å². The summed E-state index contributed by atoms with van der Waals surface area (Å²) in [6, 6.07) is 5.32. The lowest BCUT2D eigenvalue weighted by atomic mass is 9.95. The molecule has 26 heavy (non-hydrogen) atoms. The zero-order valence-electron chi connectivity index (χ0n) is 14.3. The summed E-state index contributed by atoms with van der Waals surface area (Å²) in [5.41, 5.74) is 1.95. The fourth-order valence-electron chi connectivity index (χ4n) is 2.89. The van der Waals surface area contributed by atoms with Crippen LogP contribution < -0.4 is 10.6 Å². The molecule has 0 spiro atoms. The lowest BCUT2D eigenvalue weighted by Gasteiger charge is -2.11. The zero-order chi connectivity index (χ0) is 18.5. The molecule has 0 bridgehead atoms. The molecule has 136 valence electrons. The quantitative estimate of drug-likeness (QED) is 0.632. The van der Waals surface area contributed by atoms with Crippen molar-refractivity contribution in [3.05, 3.63) is 46.1 Å². The molecule has 0 aliphatic heterocycles. The van der Waals surface area contributed by atoms with E-state index in [1.165, 1.54) is 18.4 Å². The second-order valence-electron chi connectivity index (χ2n) is 5.86. The fourth-order valence-corrected chi connectivity index (χ4v) is 4.16. The third-order valence-corrected chi connectivity index (χ3v) is 5.36. The Hall–Kier alpha value is -2.74. The molecule has 0 aromatic carbocycles. The number of pyridine rings is 1. The Labute approximate surface area is 154 Å². The maximum Gasteiger partial charge on any atom is 0.341 e. The first-order valence-corrected chi connectivity index (χ1v) is 9.13. The normalized spacial score (nSPS) is 12.8. The predicted octanol–water partition coefficient (Wildman–Crippen LogP) is 2.06. The topological polar surface area (TPSA) is 97.4 Å². The number of esters is 1. The average molecular weight is 373 g/mol. The van der Waals surface area contributed by atoms with Gasteiger partial charge in [0, 0.05) is 11.1 Å². The molecule has 2 aromatic rings. The van der Waals surface area contributed by atoms with Crippen LogP contribution in [0, 0.1) is 0 Å².